The van der Waals surface area contributed by atoms with Gasteiger partial charge in [0.25, 0.3) is 0 Å². The number of rotatable bonds is 5. The van der Waals surface area contributed by atoms with Crippen molar-refractivity contribution in [2.24, 2.45) is 11.5 Å². The van der Waals surface area contributed by atoms with Gasteiger partial charge in [0.1, 0.15) is 17.4 Å². The highest BCUT2D eigenvalue weighted by Gasteiger charge is 2.21. The number of hydrogen-bond donors (Lipinski definition) is 4. The smallest absolute Gasteiger partial charge is 0.323 e. The van der Waals surface area contributed by atoms with Gasteiger partial charge in [-0.3, -0.25) is 14.4 Å². The second-order valence-corrected chi connectivity index (χ2v) is 5.36. The molecule has 2 atom stereocenters. The largest absolute Gasteiger partial charge is 0.481 e. The van der Waals surface area contributed by atoms with Crippen molar-refractivity contribution in [1.82, 2.24) is 0 Å². The molecule has 132 valence electrons. The average Bonchev–Trinajstić information content (AvgIpc) is 2.81. The molecule has 6 N–H and O–H groups in total. The number of thioether (sulfide) groups is 1. The monoisotopic (exact) mass is 468 g/mol. The summed E-state index contributed by atoms with van der Waals surface area (Å²) >= 11 is 4.32. The summed E-state index contributed by atoms with van der Waals surface area (Å²) in [6, 6.07) is -1.03. The Morgan fingerprint density at radius 2 is 2.00 bits per heavy atom. The SMILES string of the molecule is Br.CSCC[C@H](N)C(=O)O.N[C@H]1CCOC1=O.O=C(O)CBr. The van der Waals surface area contributed by atoms with Crippen LogP contribution in [0.1, 0.15) is 12.8 Å². The van der Waals surface area contributed by atoms with E-state index in [2.05, 4.69) is 20.7 Å². The van der Waals surface area contributed by atoms with Crippen LogP contribution < -0.4 is 11.5 Å². The fourth-order valence-electron chi connectivity index (χ4n) is 0.880. The summed E-state index contributed by atoms with van der Waals surface area (Å²) in [5.41, 5.74) is 10.4. The van der Waals surface area contributed by atoms with Crippen molar-refractivity contribution in [3.8, 4) is 0 Å². The van der Waals surface area contributed by atoms with E-state index < -0.39 is 18.0 Å². The molecule has 1 rings (SSSR count). The van der Waals surface area contributed by atoms with E-state index in [1.54, 1.807) is 11.8 Å². The van der Waals surface area contributed by atoms with E-state index in [4.69, 9.17) is 21.7 Å². The van der Waals surface area contributed by atoms with Crippen molar-refractivity contribution >= 4 is 62.6 Å². The van der Waals surface area contributed by atoms with Crippen LogP contribution in [0.3, 0.4) is 0 Å². The van der Waals surface area contributed by atoms with Crippen LogP contribution in [0.25, 0.3) is 0 Å². The maximum Gasteiger partial charge on any atom is 0.323 e. The molecule has 1 saturated heterocycles. The van der Waals surface area contributed by atoms with Crippen LogP contribution in [0.5, 0.6) is 0 Å². The fraction of sp³-hybridized carbons (Fsp3) is 0.727. The molecule has 1 heterocycles. The molecule has 0 aromatic carbocycles. The van der Waals surface area contributed by atoms with Gasteiger partial charge in [-0.2, -0.15) is 11.8 Å². The van der Waals surface area contributed by atoms with Gasteiger partial charge in [-0.05, 0) is 18.4 Å². The topological polar surface area (TPSA) is 153 Å². The van der Waals surface area contributed by atoms with Crippen molar-refractivity contribution < 1.29 is 29.3 Å². The molecular formula is C11H22Br2N2O6S. The average molecular weight is 470 g/mol. The number of esters is 1. The number of halogens is 2. The van der Waals surface area contributed by atoms with Crippen LogP contribution in [0, 0.1) is 0 Å². The lowest BCUT2D eigenvalue weighted by Crippen LogP contribution is -2.30. The minimum Gasteiger partial charge on any atom is -0.481 e. The number of hydrogen-bond acceptors (Lipinski definition) is 7. The van der Waals surface area contributed by atoms with E-state index in [0.717, 1.165) is 5.75 Å². The first-order valence-corrected chi connectivity index (χ1v) is 8.45. The summed E-state index contributed by atoms with van der Waals surface area (Å²) in [4.78, 5) is 29.6. The summed E-state index contributed by atoms with van der Waals surface area (Å²) in [6.07, 6.45) is 3.16. The number of aliphatic carboxylic acids is 2. The molecule has 11 heteroatoms. The minimum atomic E-state index is -0.913. The standard InChI is InChI=1S/C5H11NO2S.C4H7NO2.C2H3BrO2.BrH/c1-9-3-2-4(6)5(7)8;5-3-1-2-7-4(3)6;3-1-2(4)5;/h4H,2-3,6H2,1H3,(H,7,8);3H,1-2,5H2;1H2,(H,4,5);1H/t4-;3-;;/m00../s1. The highest BCUT2D eigenvalue weighted by atomic mass is 79.9. The van der Waals surface area contributed by atoms with Gasteiger partial charge in [0, 0.05) is 6.42 Å². The molecule has 0 saturated carbocycles. The number of alkyl halides is 1. The summed E-state index contributed by atoms with van der Waals surface area (Å²) in [6.45, 7) is 0.500. The van der Waals surface area contributed by atoms with Crippen LogP contribution in [-0.4, -0.2) is 64.2 Å². The number of cyclic esters (lactones) is 1. The zero-order valence-electron chi connectivity index (χ0n) is 12.1. The Morgan fingerprint density at radius 3 is 2.18 bits per heavy atom. The number of carbonyl (C=O) groups is 3. The summed E-state index contributed by atoms with van der Waals surface area (Å²) < 4.78 is 4.50. The highest BCUT2D eigenvalue weighted by molar-refractivity contribution is 9.09. The first kappa shape index (κ1) is 26.5. The third-order valence-corrected chi connectivity index (χ3v) is 3.16. The predicted octanol–water partition coefficient (Wildman–Crippen LogP) is 0.456. The van der Waals surface area contributed by atoms with E-state index in [1.165, 1.54) is 0 Å². The Balaban J connectivity index is -0.000000250. The van der Waals surface area contributed by atoms with E-state index in [1.807, 2.05) is 6.26 Å². The molecule has 0 unspecified atom stereocenters. The first-order valence-electron chi connectivity index (χ1n) is 5.93. The third kappa shape index (κ3) is 17.7. The summed E-state index contributed by atoms with van der Waals surface area (Å²) in [5.74, 6) is -1.19. The normalized spacial score (nSPS) is 16.7. The van der Waals surface area contributed by atoms with Gasteiger partial charge in [0.05, 0.1) is 6.61 Å². The number of nitrogens with two attached hydrogens (primary N) is 2. The molecular weight excluding hydrogens is 448 g/mol. The molecule has 0 aliphatic carbocycles. The second kappa shape index (κ2) is 17.0. The van der Waals surface area contributed by atoms with Gasteiger partial charge in [-0.25, -0.2) is 0 Å². The van der Waals surface area contributed by atoms with Crippen LogP contribution in [0.2, 0.25) is 0 Å². The second-order valence-electron chi connectivity index (χ2n) is 3.82. The van der Waals surface area contributed by atoms with Crippen molar-refractivity contribution in [2.45, 2.75) is 24.9 Å². The molecule has 0 bridgehead atoms. The fourth-order valence-corrected chi connectivity index (χ4v) is 1.37. The third-order valence-electron chi connectivity index (χ3n) is 2.04. The lowest BCUT2D eigenvalue weighted by molar-refractivity contribution is -0.139. The Hall–Kier alpha value is -0.360. The quantitative estimate of drug-likeness (QED) is 0.332. The minimum absolute atomic E-state index is 0. The Labute approximate surface area is 152 Å². The van der Waals surface area contributed by atoms with Crippen LogP contribution >= 0.6 is 44.7 Å². The van der Waals surface area contributed by atoms with E-state index in [9.17, 15) is 14.4 Å². The highest BCUT2D eigenvalue weighted by Crippen LogP contribution is 2.00. The maximum absolute atomic E-state index is 10.2. The molecule has 0 amide bonds. The van der Waals surface area contributed by atoms with Gasteiger partial charge in [-0.15, -0.1) is 17.0 Å². The molecule has 22 heavy (non-hydrogen) atoms. The Bertz CT molecular complexity index is 336. The van der Waals surface area contributed by atoms with Gasteiger partial charge in [-0.1, -0.05) is 15.9 Å². The van der Waals surface area contributed by atoms with Crippen LogP contribution in [0.15, 0.2) is 0 Å². The first-order chi connectivity index (χ1) is 9.76. The zero-order valence-corrected chi connectivity index (χ0v) is 16.2. The Kier molecular flexibility index (Phi) is 20.5. The predicted molar refractivity (Wildman–Crippen MR) is 93.9 cm³/mol. The molecule has 1 aliphatic heterocycles. The Morgan fingerprint density at radius 1 is 1.50 bits per heavy atom. The lowest BCUT2D eigenvalue weighted by atomic mass is 10.2. The molecule has 1 fully saturated rings. The molecule has 0 spiro atoms. The number of carbonyl (C=O) groups excluding carboxylic acids is 1. The van der Waals surface area contributed by atoms with Crippen LogP contribution in [0.4, 0.5) is 0 Å². The van der Waals surface area contributed by atoms with Gasteiger partial charge in [0.2, 0.25) is 0 Å². The molecule has 0 aromatic heterocycles. The lowest BCUT2D eigenvalue weighted by Gasteiger charge is -2.02. The van der Waals surface area contributed by atoms with Crippen LogP contribution in [-0.2, 0) is 19.1 Å². The van der Waals surface area contributed by atoms with Crippen molar-refractivity contribution in [3.63, 3.8) is 0 Å². The van der Waals surface area contributed by atoms with Crippen molar-refractivity contribution in [3.05, 3.63) is 0 Å². The number of carboxylic acid groups (broad SMARTS) is 2. The molecule has 0 radical (unpaired) electrons. The van der Waals surface area contributed by atoms with E-state index in [0.29, 0.717) is 19.4 Å². The van der Waals surface area contributed by atoms with Gasteiger partial charge < -0.3 is 26.4 Å². The molecule has 1 aliphatic rings. The maximum atomic E-state index is 10.2. The van der Waals surface area contributed by atoms with Crippen molar-refractivity contribution in [2.75, 3.05) is 23.9 Å². The summed E-state index contributed by atoms with van der Waals surface area (Å²) in [5, 5.41) is 16.0. The number of ether oxygens (including phenoxy) is 1. The van der Waals surface area contributed by atoms with E-state index >= 15 is 0 Å². The van der Waals surface area contributed by atoms with Gasteiger partial charge in [0.15, 0.2) is 0 Å². The molecule has 0 aromatic rings. The number of carboxylic acids is 2. The zero-order chi connectivity index (χ0) is 16.8. The molecule has 8 nitrogen and oxygen atoms in total. The van der Waals surface area contributed by atoms with E-state index in [-0.39, 0.29) is 34.3 Å². The van der Waals surface area contributed by atoms with Crippen molar-refractivity contribution in [1.29, 1.82) is 0 Å². The van der Waals surface area contributed by atoms with Gasteiger partial charge >= 0.3 is 17.9 Å². The summed E-state index contributed by atoms with van der Waals surface area (Å²) in [7, 11) is 0.